The fourth-order valence-corrected chi connectivity index (χ4v) is 3.22. The van der Waals surface area contributed by atoms with Crippen molar-refractivity contribution in [3.05, 3.63) is 77.6 Å². The second-order valence-corrected chi connectivity index (χ2v) is 6.69. The second kappa shape index (κ2) is 6.52. The first kappa shape index (κ1) is 17.8. The quantitative estimate of drug-likeness (QED) is 0.727. The molecule has 3 heterocycles. The van der Waals surface area contributed by atoms with Crippen LogP contribution in [0.2, 0.25) is 0 Å². The van der Waals surface area contributed by atoms with Gasteiger partial charge in [-0.15, -0.1) is 0 Å². The van der Waals surface area contributed by atoms with Crippen molar-refractivity contribution in [3.8, 4) is 0 Å². The molecule has 4 rings (SSSR count). The van der Waals surface area contributed by atoms with Gasteiger partial charge in [-0.05, 0) is 37.3 Å². The van der Waals surface area contributed by atoms with E-state index in [1.54, 1.807) is 24.0 Å². The average Bonchev–Trinajstić information content (AvgIpc) is 3.12. The molecule has 0 spiro atoms. The Bertz CT molecular complexity index is 1090. The number of amides is 1. The Labute approximate surface area is 159 Å². The number of aliphatic imine (C=N–C) groups is 1. The van der Waals surface area contributed by atoms with Gasteiger partial charge in [0.2, 0.25) is 0 Å². The zero-order valence-electron chi connectivity index (χ0n) is 14.9. The molecule has 0 saturated carbocycles. The monoisotopic (exact) mass is 382 g/mol. The Hall–Kier alpha value is -3.62. The number of hydrogen-bond donors (Lipinski definition) is 2. The summed E-state index contributed by atoms with van der Waals surface area (Å²) in [6, 6.07) is 6.60. The van der Waals surface area contributed by atoms with E-state index in [0.717, 1.165) is 12.3 Å². The molecular weight excluding hydrogens is 366 g/mol. The number of hydrogen-bond acceptors (Lipinski definition) is 5. The standard InChI is InChI=1S/C19H16F2N6O/c1-19(9-27-10-23-8-16(27)17(22)26-19)13-6-12(3-4-14(13)21)25-18(28)15-5-2-11(20)7-24-15/h2-8,10H,9H2,1H3,(H2,22,26)(H,25,28)/t19-/m0/s1. The number of rotatable bonds is 3. The summed E-state index contributed by atoms with van der Waals surface area (Å²) in [5, 5.41) is 2.64. The van der Waals surface area contributed by atoms with Gasteiger partial charge in [0, 0.05) is 11.3 Å². The molecule has 1 aliphatic heterocycles. The Morgan fingerprint density at radius 3 is 2.82 bits per heavy atom. The van der Waals surface area contributed by atoms with Crippen LogP contribution in [0.4, 0.5) is 14.5 Å². The Morgan fingerprint density at radius 2 is 2.07 bits per heavy atom. The van der Waals surface area contributed by atoms with Crippen LogP contribution < -0.4 is 11.1 Å². The first-order chi connectivity index (χ1) is 13.4. The van der Waals surface area contributed by atoms with E-state index >= 15 is 0 Å². The van der Waals surface area contributed by atoms with Gasteiger partial charge in [0.15, 0.2) is 0 Å². The maximum atomic E-state index is 14.6. The molecule has 1 aliphatic rings. The topological polar surface area (TPSA) is 98.2 Å². The highest BCUT2D eigenvalue weighted by Gasteiger charge is 2.34. The lowest BCUT2D eigenvalue weighted by molar-refractivity contribution is 0.102. The van der Waals surface area contributed by atoms with Crippen LogP contribution in [0.1, 0.15) is 28.7 Å². The number of anilines is 1. The molecular formula is C19H16F2N6O. The molecule has 3 N–H and O–H groups in total. The minimum absolute atomic E-state index is 0.0430. The van der Waals surface area contributed by atoms with Crippen LogP contribution in [0.15, 0.2) is 54.0 Å². The molecule has 1 amide bonds. The van der Waals surface area contributed by atoms with E-state index in [4.69, 9.17) is 5.73 Å². The van der Waals surface area contributed by atoms with Crippen LogP contribution >= 0.6 is 0 Å². The van der Waals surface area contributed by atoms with Crippen LogP contribution in [0.3, 0.4) is 0 Å². The van der Waals surface area contributed by atoms with Crippen molar-refractivity contribution in [2.24, 2.45) is 10.7 Å². The number of nitrogens with two attached hydrogens (primary N) is 1. The summed E-state index contributed by atoms with van der Waals surface area (Å²) in [4.78, 5) is 24.6. The molecule has 7 nitrogen and oxygen atoms in total. The third-order valence-electron chi connectivity index (χ3n) is 4.58. The van der Waals surface area contributed by atoms with Gasteiger partial charge in [-0.1, -0.05) is 0 Å². The molecule has 0 fully saturated rings. The molecule has 2 aromatic heterocycles. The maximum Gasteiger partial charge on any atom is 0.274 e. The summed E-state index contributed by atoms with van der Waals surface area (Å²) >= 11 is 0. The van der Waals surface area contributed by atoms with Crippen molar-refractivity contribution in [1.82, 2.24) is 14.5 Å². The number of halogens is 2. The van der Waals surface area contributed by atoms with Crippen LogP contribution in [0, 0.1) is 11.6 Å². The number of nitrogens with zero attached hydrogens (tertiary/aromatic N) is 4. The van der Waals surface area contributed by atoms with Crippen LogP contribution in [-0.2, 0) is 12.1 Å². The van der Waals surface area contributed by atoms with Gasteiger partial charge in [0.25, 0.3) is 5.91 Å². The maximum absolute atomic E-state index is 14.6. The van der Waals surface area contributed by atoms with Crippen molar-refractivity contribution in [3.63, 3.8) is 0 Å². The van der Waals surface area contributed by atoms with Crippen LogP contribution in [-0.4, -0.2) is 26.3 Å². The van der Waals surface area contributed by atoms with E-state index in [2.05, 4.69) is 20.3 Å². The molecule has 9 heteroatoms. The predicted molar refractivity (Wildman–Crippen MR) is 98.9 cm³/mol. The third kappa shape index (κ3) is 3.11. The zero-order valence-corrected chi connectivity index (χ0v) is 14.9. The molecule has 0 radical (unpaired) electrons. The van der Waals surface area contributed by atoms with E-state index in [1.165, 1.54) is 24.3 Å². The Morgan fingerprint density at radius 1 is 1.25 bits per heavy atom. The minimum Gasteiger partial charge on any atom is -0.382 e. The van der Waals surface area contributed by atoms with Crippen molar-refractivity contribution >= 4 is 17.4 Å². The molecule has 1 aromatic carbocycles. The smallest absolute Gasteiger partial charge is 0.274 e. The summed E-state index contributed by atoms with van der Waals surface area (Å²) in [5.41, 5.74) is 6.40. The average molecular weight is 382 g/mol. The largest absolute Gasteiger partial charge is 0.382 e. The Balaban J connectivity index is 1.65. The summed E-state index contributed by atoms with van der Waals surface area (Å²) in [6.45, 7) is 2.10. The fourth-order valence-electron chi connectivity index (χ4n) is 3.22. The van der Waals surface area contributed by atoms with Crippen molar-refractivity contribution in [1.29, 1.82) is 0 Å². The van der Waals surface area contributed by atoms with Gasteiger partial charge < -0.3 is 15.6 Å². The van der Waals surface area contributed by atoms with Crippen LogP contribution in [0.25, 0.3) is 0 Å². The molecule has 142 valence electrons. The van der Waals surface area contributed by atoms with Gasteiger partial charge in [-0.3, -0.25) is 9.79 Å². The molecule has 1 atom stereocenters. The highest BCUT2D eigenvalue weighted by molar-refractivity contribution is 6.02. The number of amidine groups is 1. The van der Waals surface area contributed by atoms with E-state index in [9.17, 15) is 13.6 Å². The number of nitrogens with one attached hydrogen (secondary N) is 1. The van der Waals surface area contributed by atoms with Gasteiger partial charge in [-0.2, -0.15) is 0 Å². The second-order valence-electron chi connectivity index (χ2n) is 6.69. The summed E-state index contributed by atoms with van der Waals surface area (Å²) in [6.07, 6.45) is 4.16. The van der Waals surface area contributed by atoms with Crippen LogP contribution in [0.5, 0.6) is 0 Å². The minimum atomic E-state index is -0.975. The highest BCUT2D eigenvalue weighted by atomic mass is 19.1. The molecule has 0 bridgehead atoms. The lowest BCUT2D eigenvalue weighted by Crippen LogP contribution is -2.37. The third-order valence-corrected chi connectivity index (χ3v) is 4.58. The summed E-state index contributed by atoms with van der Waals surface area (Å²) < 4.78 is 29.4. The molecule has 3 aromatic rings. The lowest BCUT2D eigenvalue weighted by Gasteiger charge is -2.32. The van der Waals surface area contributed by atoms with Crippen molar-refractivity contribution in [2.75, 3.05) is 5.32 Å². The van der Waals surface area contributed by atoms with E-state index in [-0.39, 0.29) is 17.1 Å². The number of imidazole rings is 1. The van der Waals surface area contributed by atoms with Crippen molar-refractivity contribution in [2.45, 2.75) is 19.0 Å². The number of carbonyl (C=O) groups excluding carboxylic acids is 1. The Kier molecular flexibility index (Phi) is 4.14. The number of carbonyl (C=O) groups is 1. The molecule has 28 heavy (non-hydrogen) atoms. The zero-order chi connectivity index (χ0) is 19.9. The SMILES string of the molecule is C[C@@]1(c2cc(NC(=O)c3ccc(F)cn3)ccc2F)Cn2cncc2C(N)=N1. The highest BCUT2D eigenvalue weighted by Crippen LogP contribution is 2.34. The normalized spacial score (nSPS) is 18.3. The molecule has 0 saturated heterocycles. The lowest BCUT2D eigenvalue weighted by atomic mass is 9.90. The van der Waals surface area contributed by atoms with E-state index < -0.39 is 23.1 Å². The number of fused-ring (bicyclic) bond motifs is 1. The van der Waals surface area contributed by atoms with Gasteiger partial charge in [-0.25, -0.2) is 18.7 Å². The van der Waals surface area contributed by atoms with E-state index in [0.29, 0.717) is 17.9 Å². The van der Waals surface area contributed by atoms with Gasteiger partial charge in [0.05, 0.1) is 25.3 Å². The summed E-state index contributed by atoms with van der Waals surface area (Å²) in [5.74, 6) is -1.29. The van der Waals surface area contributed by atoms with Gasteiger partial charge >= 0.3 is 0 Å². The summed E-state index contributed by atoms with van der Waals surface area (Å²) in [7, 11) is 0. The van der Waals surface area contributed by atoms with E-state index in [1.807, 2.05) is 0 Å². The number of aromatic nitrogens is 3. The molecule has 0 unspecified atom stereocenters. The number of benzene rings is 1. The number of pyridine rings is 1. The van der Waals surface area contributed by atoms with Gasteiger partial charge in [0.1, 0.15) is 34.4 Å². The first-order valence-electron chi connectivity index (χ1n) is 8.44. The fraction of sp³-hybridized carbons (Fsp3) is 0.158. The predicted octanol–water partition coefficient (Wildman–Crippen LogP) is 2.44. The first-order valence-corrected chi connectivity index (χ1v) is 8.44. The molecule has 0 aliphatic carbocycles. The van der Waals surface area contributed by atoms with Crippen molar-refractivity contribution < 1.29 is 13.6 Å².